The molecule has 2 heterocycles. The fourth-order valence-electron chi connectivity index (χ4n) is 8.69. The maximum Gasteiger partial charge on any atom is 0.164 e. The van der Waals surface area contributed by atoms with Crippen LogP contribution in [0.1, 0.15) is 35.7 Å². The lowest BCUT2D eigenvalue weighted by atomic mass is 9.83. The number of fused-ring (bicyclic) bond motifs is 9. The number of ether oxygens (including phenoxy) is 1. The standard InChI is InChI=1S/C51H35N3O/c1-3-13-32(14-4-1)33-25-27-35(28-26-33)50-52-49(34-15-5-2-6-16-34)53-51(54-50)44-23-12-24-46-47(44)43-22-11-21-37(48(43)55-46)36-29-30-42-40-19-8-7-17-38(40)39-18-9-10-20-41(39)45(42)31-36/h2-3,5-31,46-47H,1,4H2. The van der Waals surface area contributed by atoms with Crippen LogP contribution in [-0.4, -0.2) is 21.1 Å². The Morgan fingerprint density at radius 2 is 1.13 bits per heavy atom. The summed E-state index contributed by atoms with van der Waals surface area (Å²) in [6.07, 6.45) is 15.1. The zero-order valence-electron chi connectivity index (χ0n) is 30.1. The van der Waals surface area contributed by atoms with E-state index in [1.54, 1.807) is 0 Å². The van der Waals surface area contributed by atoms with Crippen LogP contribution in [0.4, 0.5) is 0 Å². The molecule has 4 heteroatoms. The van der Waals surface area contributed by atoms with Crippen molar-refractivity contribution in [1.29, 1.82) is 0 Å². The number of aromatic nitrogens is 3. The normalized spacial score (nSPS) is 17.2. The number of rotatable bonds is 5. The van der Waals surface area contributed by atoms with E-state index in [0.717, 1.165) is 52.0 Å². The van der Waals surface area contributed by atoms with E-state index in [4.69, 9.17) is 19.7 Å². The molecule has 0 amide bonds. The first kappa shape index (κ1) is 31.6. The van der Waals surface area contributed by atoms with Crippen molar-refractivity contribution >= 4 is 43.5 Å². The number of para-hydroxylation sites is 1. The number of allylic oxidation sites excluding steroid dienone is 6. The Bertz CT molecular complexity index is 2920. The summed E-state index contributed by atoms with van der Waals surface area (Å²) in [7, 11) is 0. The second-order valence-corrected chi connectivity index (χ2v) is 14.5. The lowest BCUT2D eigenvalue weighted by Gasteiger charge is -2.22. The van der Waals surface area contributed by atoms with Gasteiger partial charge < -0.3 is 4.74 Å². The molecule has 260 valence electrons. The Labute approximate surface area is 319 Å². The molecular formula is C51H35N3O. The van der Waals surface area contributed by atoms with Crippen LogP contribution in [0.25, 0.3) is 77.4 Å². The van der Waals surface area contributed by atoms with E-state index >= 15 is 0 Å². The van der Waals surface area contributed by atoms with Crippen molar-refractivity contribution < 1.29 is 4.74 Å². The van der Waals surface area contributed by atoms with Crippen LogP contribution in [0.3, 0.4) is 0 Å². The number of hydrogen-bond donors (Lipinski definition) is 0. The van der Waals surface area contributed by atoms with E-state index in [-0.39, 0.29) is 12.0 Å². The Morgan fingerprint density at radius 3 is 1.84 bits per heavy atom. The Hall–Kier alpha value is -6.91. The highest BCUT2D eigenvalue weighted by atomic mass is 16.5. The summed E-state index contributed by atoms with van der Waals surface area (Å²) >= 11 is 0. The molecule has 2 unspecified atom stereocenters. The first-order valence-electron chi connectivity index (χ1n) is 19.1. The third-order valence-electron chi connectivity index (χ3n) is 11.3. The summed E-state index contributed by atoms with van der Waals surface area (Å²) in [6, 6.07) is 49.6. The SMILES string of the molecule is C1=CC2Oc3c(-c4ccc5c6ccccc6c6ccccc6c5c4)cccc3C2C(c2nc(-c3ccccc3)nc(-c3ccc(C4=CCCC=C4)cc3)n2)=C1. The van der Waals surface area contributed by atoms with Crippen LogP contribution >= 0.6 is 0 Å². The third kappa shape index (κ3) is 5.32. The molecule has 0 fully saturated rings. The Morgan fingerprint density at radius 1 is 0.509 bits per heavy atom. The largest absolute Gasteiger partial charge is 0.484 e. The van der Waals surface area contributed by atoms with E-state index in [1.165, 1.54) is 43.5 Å². The summed E-state index contributed by atoms with van der Waals surface area (Å²) in [5, 5.41) is 7.57. The molecule has 1 aliphatic heterocycles. The number of hydrogen-bond acceptors (Lipinski definition) is 4. The van der Waals surface area contributed by atoms with Gasteiger partial charge in [0.2, 0.25) is 0 Å². The molecule has 8 aromatic rings. The molecule has 7 aromatic carbocycles. The van der Waals surface area contributed by atoms with Crippen molar-refractivity contribution in [2.75, 3.05) is 0 Å². The van der Waals surface area contributed by atoms with Gasteiger partial charge in [-0.15, -0.1) is 0 Å². The average Bonchev–Trinajstić information content (AvgIpc) is 3.66. The lowest BCUT2D eigenvalue weighted by molar-refractivity contribution is 0.272. The average molecular weight is 706 g/mol. The predicted octanol–water partition coefficient (Wildman–Crippen LogP) is 12.6. The van der Waals surface area contributed by atoms with Crippen LogP contribution in [0.2, 0.25) is 0 Å². The minimum absolute atomic E-state index is 0.0727. The van der Waals surface area contributed by atoms with Crippen LogP contribution in [0.5, 0.6) is 5.75 Å². The highest BCUT2D eigenvalue weighted by molar-refractivity contribution is 6.25. The van der Waals surface area contributed by atoms with Gasteiger partial charge in [0.15, 0.2) is 17.5 Å². The van der Waals surface area contributed by atoms with Crippen LogP contribution in [0, 0.1) is 0 Å². The van der Waals surface area contributed by atoms with Gasteiger partial charge in [-0.3, -0.25) is 0 Å². The molecule has 11 rings (SSSR count). The predicted molar refractivity (Wildman–Crippen MR) is 226 cm³/mol. The highest BCUT2D eigenvalue weighted by Crippen LogP contribution is 2.51. The molecule has 0 N–H and O–H groups in total. The Balaban J connectivity index is 1.02. The zero-order valence-corrected chi connectivity index (χ0v) is 30.1. The topological polar surface area (TPSA) is 47.9 Å². The highest BCUT2D eigenvalue weighted by Gasteiger charge is 2.40. The first-order valence-corrected chi connectivity index (χ1v) is 19.1. The minimum Gasteiger partial charge on any atom is -0.484 e. The van der Waals surface area contributed by atoms with Gasteiger partial charge in [-0.1, -0.05) is 164 Å². The second kappa shape index (κ2) is 12.9. The lowest BCUT2D eigenvalue weighted by Crippen LogP contribution is -2.20. The van der Waals surface area contributed by atoms with Gasteiger partial charge in [-0.25, -0.2) is 15.0 Å². The molecule has 1 aromatic heterocycles. The molecule has 0 saturated heterocycles. The summed E-state index contributed by atoms with van der Waals surface area (Å²) < 4.78 is 6.91. The third-order valence-corrected chi connectivity index (χ3v) is 11.3. The van der Waals surface area contributed by atoms with Crippen LogP contribution in [-0.2, 0) is 0 Å². The van der Waals surface area contributed by atoms with Crippen molar-refractivity contribution in [2.45, 2.75) is 24.9 Å². The molecule has 2 aliphatic carbocycles. The van der Waals surface area contributed by atoms with Crippen molar-refractivity contribution in [1.82, 2.24) is 15.0 Å². The van der Waals surface area contributed by atoms with Gasteiger partial charge in [-0.2, -0.15) is 0 Å². The quantitative estimate of drug-likeness (QED) is 0.167. The molecule has 0 radical (unpaired) electrons. The minimum atomic E-state index is -0.183. The summed E-state index contributed by atoms with van der Waals surface area (Å²) in [5.41, 5.74) is 8.75. The van der Waals surface area contributed by atoms with E-state index in [9.17, 15) is 0 Å². The molecule has 0 bridgehead atoms. The van der Waals surface area contributed by atoms with E-state index < -0.39 is 0 Å². The van der Waals surface area contributed by atoms with Gasteiger partial charge in [0, 0.05) is 27.8 Å². The van der Waals surface area contributed by atoms with Crippen LogP contribution < -0.4 is 4.74 Å². The molecule has 55 heavy (non-hydrogen) atoms. The summed E-state index contributed by atoms with van der Waals surface area (Å²) in [6.45, 7) is 0. The zero-order chi connectivity index (χ0) is 36.3. The van der Waals surface area contributed by atoms with Gasteiger partial charge in [0.25, 0.3) is 0 Å². The van der Waals surface area contributed by atoms with E-state index in [1.807, 2.05) is 18.2 Å². The van der Waals surface area contributed by atoms with E-state index in [0.29, 0.717) is 17.5 Å². The van der Waals surface area contributed by atoms with E-state index in [2.05, 4.69) is 158 Å². The maximum atomic E-state index is 6.91. The number of nitrogens with zero attached hydrogens (tertiary/aromatic N) is 3. The number of benzene rings is 7. The van der Waals surface area contributed by atoms with Gasteiger partial charge in [0.05, 0.1) is 5.92 Å². The molecule has 2 atom stereocenters. The molecule has 0 spiro atoms. The van der Waals surface area contributed by atoms with Crippen molar-refractivity contribution in [3.05, 3.63) is 193 Å². The van der Waals surface area contributed by atoms with Gasteiger partial charge >= 0.3 is 0 Å². The van der Waals surface area contributed by atoms with Crippen LogP contribution in [0.15, 0.2) is 176 Å². The fourth-order valence-corrected chi connectivity index (χ4v) is 8.69. The monoisotopic (exact) mass is 705 g/mol. The molecular weight excluding hydrogens is 671 g/mol. The smallest absolute Gasteiger partial charge is 0.164 e. The first-order chi connectivity index (χ1) is 27.3. The summed E-state index contributed by atoms with van der Waals surface area (Å²) in [4.78, 5) is 15.4. The van der Waals surface area contributed by atoms with Gasteiger partial charge in [0.1, 0.15) is 11.9 Å². The van der Waals surface area contributed by atoms with Crippen molar-refractivity contribution in [3.63, 3.8) is 0 Å². The van der Waals surface area contributed by atoms with Crippen molar-refractivity contribution in [2.24, 2.45) is 0 Å². The van der Waals surface area contributed by atoms with Gasteiger partial charge in [-0.05, 0) is 74.0 Å². The maximum absolute atomic E-state index is 6.91. The Kier molecular flexibility index (Phi) is 7.41. The van der Waals surface area contributed by atoms with Crippen molar-refractivity contribution in [3.8, 4) is 39.7 Å². The second-order valence-electron chi connectivity index (χ2n) is 14.5. The molecule has 3 aliphatic rings. The molecule has 4 nitrogen and oxygen atoms in total. The molecule has 0 saturated carbocycles. The fraction of sp³-hybridized carbons (Fsp3) is 0.0784. The summed E-state index contributed by atoms with van der Waals surface area (Å²) in [5.74, 6) is 2.81.